The fourth-order valence-electron chi connectivity index (χ4n) is 4.18. The third kappa shape index (κ3) is 4.39. The Labute approximate surface area is 181 Å². The summed E-state index contributed by atoms with van der Waals surface area (Å²) in [7, 11) is 1.90. The lowest BCUT2D eigenvalue weighted by atomic mass is 10.0. The first-order chi connectivity index (χ1) is 15.1. The fraction of sp³-hybridized carbons (Fsp3) is 0.280. The zero-order valence-electron chi connectivity index (χ0n) is 17.7. The van der Waals surface area contributed by atoms with Gasteiger partial charge in [-0.25, -0.2) is 9.97 Å². The van der Waals surface area contributed by atoms with E-state index in [0.29, 0.717) is 5.82 Å². The topological polar surface area (TPSA) is 63.9 Å². The second-order valence-electron chi connectivity index (χ2n) is 8.25. The van der Waals surface area contributed by atoms with Crippen molar-refractivity contribution in [3.63, 3.8) is 0 Å². The van der Waals surface area contributed by atoms with Gasteiger partial charge < -0.3 is 0 Å². The average molecular weight is 412 g/mol. The molecule has 0 unspecified atom stereocenters. The molecule has 0 radical (unpaired) electrons. The van der Waals surface area contributed by atoms with Gasteiger partial charge in [-0.1, -0.05) is 30.3 Å². The number of fused-ring (bicyclic) bond motifs is 1. The van der Waals surface area contributed by atoms with Crippen molar-refractivity contribution in [1.82, 2.24) is 24.6 Å². The summed E-state index contributed by atoms with van der Waals surface area (Å²) >= 11 is 0. The molecule has 3 heterocycles. The Morgan fingerprint density at radius 2 is 1.90 bits per heavy atom. The summed E-state index contributed by atoms with van der Waals surface area (Å²) in [5, 5.41) is 5.19. The Hall–Kier alpha value is -3.38. The summed E-state index contributed by atoms with van der Waals surface area (Å²) in [6, 6.07) is 14.0. The fourth-order valence-corrected chi connectivity index (χ4v) is 4.18. The molecular formula is C25H25N5O. The van der Waals surface area contributed by atoms with Crippen LogP contribution < -0.4 is 0 Å². The lowest BCUT2D eigenvalue weighted by Crippen LogP contribution is -2.18. The third-order valence-corrected chi connectivity index (χ3v) is 5.84. The van der Waals surface area contributed by atoms with Crippen LogP contribution in [0.25, 0.3) is 22.0 Å². The maximum atomic E-state index is 12.9. The molecule has 156 valence electrons. The maximum absolute atomic E-state index is 12.9. The van der Waals surface area contributed by atoms with Gasteiger partial charge in [0.05, 0.1) is 18.1 Å². The van der Waals surface area contributed by atoms with Gasteiger partial charge in [-0.15, -0.1) is 0 Å². The van der Waals surface area contributed by atoms with E-state index >= 15 is 0 Å². The van der Waals surface area contributed by atoms with E-state index in [9.17, 15) is 4.79 Å². The van der Waals surface area contributed by atoms with Crippen LogP contribution in [0.1, 0.15) is 34.6 Å². The molecule has 0 aliphatic carbocycles. The molecule has 0 saturated carbocycles. The molecule has 1 saturated heterocycles. The predicted octanol–water partition coefficient (Wildman–Crippen LogP) is 4.05. The SMILES string of the molecule is Cn1cc(-c2ccc3cnc(CC(=O)c4cccc(CN5CCCC5)c4)nc3c2)cn1. The van der Waals surface area contributed by atoms with Crippen LogP contribution in [-0.2, 0) is 20.0 Å². The summed E-state index contributed by atoms with van der Waals surface area (Å²) in [5.41, 5.74) is 4.83. The first-order valence-electron chi connectivity index (χ1n) is 10.7. The molecule has 0 bridgehead atoms. The van der Waals surface area contributed by atoms with Gasteiger partial charge in [0.15, 0.2) is 5.78 Å². The number of carbonyl (C=O) groups excluding carboxylic acids is 1. The summed E-state index contributed by atoms with van der Waals surface area (Å²) in [5.74, 6) is 0.594. The second kappa shape index (κ2) is 8.40. The molecule has 0 N–H and O–H groups in total. The summed E-state index contributed by atoms with van der Waals surface area (Å²) < 4.78 is 1.78. The average Bonchev–Trinajstić information content (AvgIpc) is 3.45. The molecule has 1 fully saturated rings. The molecule has 1 aliphatic heterocycles. The van der Waals surface area contributed by atoms with E-state index < -0.39 is 0 Å². The van der Waals surface area contributed by atoms with Crippen LogP contribution in [0.2, 0.25) is 0 Å². The van der Waals surface area contributed by atoms with Gasteiger partial charge >= 0.3 is 0 Å². The standard InChI is InChI=1S/C25H25N5O/c1-29-17-22(15-27-29)19-7-8-21-14-26-25(28-23(21)12-19)13-24(31)20-6-4-5-18(11-20)16-30-9-2-3-10-30/h4-8,11-12,14-15,17H,2-3,9-10,13,16H2,1H3. The highest BCUT2D eigenvalue weighted by Gasteiger charge is 2.14. The van der Waals surface area contributed by atoms with E-state index in [-0.39, 0.29) is 12.2 Å². The second-order valence-corrected chi connectivity index (χ2v) is 8.25. The number of nitrogens with zero attached hydrogens (tertiary/aromatic N) is 5. The van der Waals surface area contributed by atoms with Crippen molar-refractivity contribution in [1.29, 1.82) is 0 Å². The van der Waals surface area contributed by atoms with Gasteiger partial charge in [0, 0.05) is 42.5 Å². The van der Waals surface area contributed by atoms with Crippen molar-refractivity contribution in [2.75, 3.05) is 13.1 Å². The lowest BCUT2D eigenvalue weighted by Gasteiger charge is -2.15. The number of likely N-dealkylation sites (tertiary alicyclic amines) is 1. The lowest BCUT2D eigenvalue weighted by molar-refractivity contribution is 0.0990. The molecule has 6 nitrogen and oxygen atoms in total. The number of ketones is 1. The van der Waals surface area contributed by atoms with E-state index in [0.717, 1.165) is 47.2 Å². The molecule has 0 spiro atoms. The van der Waals surface area contributed by atoms with Crippen molar-refractivity contribution >= 4 is 16.7 Å². The van der Waals surface area contributed by atoms with E-state index in [2.05, 4.69) is 26.0 Å². The van der Waals surface area contributed by atoms with Crippen molar-refractivity contribution in [3.05, 3.63) is 78.0 Å². The van der Waals surface area contributed by atoms with Gasteiger partial charge in [0.1, 0.15) is 5.82 Å². The molecule has 1 aliphatic rings. The first-order valence-corrected chi connectivity index (χ1v) is 10.7. The summed E-state index contributed by atoms with van der Waals surface area (Å²) in [6.07, 6.45) is 8.33. The smallest absolute Gasteiger partial charge is 0.170 e. The van der Waals surface area contributed by atoms with Crippen molar-refractivity contribution < 1.29 is 4.79 Å². The van der Waals surface area contributed by atoms with Gasteiger partial charge in [-0.05, 0) is 49.2 Å². The molecule has 5 rings (SSSR count). The molecule has 0 amide bonds. The molecule has 0 atom stereocenters. The maximum Gasteiger partial charge on any atom is 0.170 e. The number of hydrogen-bond donors (Lipinski definition) is 0. The van der Waals surface area contributed by atoms with Crippen LogP contribution in [-0.4, -0.2) is 43.5 Å². The van der Waals surface area contributed by atoms with Gasteiger partial charge in [-0.2, -0.15) is 5.10 Å². The largest absolute Gasteiger partial charge is 0.299 e. The minimum absolute atomic E-state index is 0.0473. The Morgan fingerprint density at radius 1 is 1.03 bits per heavy atom. The van der Waals surface area contributed by atoms with Crippen molar-refractivity contribution in [2.24, 2.45) is 7.05 Å². The highest BCUT2D eigenvalue weighted by molar-refractivity contribution is 5.97. The first kappa shape index (κ1) is 19.6. The van der Waals surface area contributed by atoms with Crippen molar-refractivity contribution in [3.8, 4) is 11.1 Å². The van der Waals surface area contributed by atoms with Gasteiger partial charge in [0.25, 0.3) is 0 Å². The van der Waals surface area contributed by atoms with E-state index in [1.165, 1.54) is 18.4 Å². The zero-order valence-corrected chi connectivity index (χ0v) is 17.7. The minimum Gasteiger partial charge on any atom is -0.299 e. The number of aromatic nitrogens is 4. The monoisotopic (exact) mass is 411 g/mol. The number of Topliss-reactive ketones (excluding diaryl/α,β-unsaturated/α-hetero) is 1. The van der Waals surface area contributed by atoms with Gasteiger partial charge in [0.2, 0.25) is 0 Å². The third-order valence-electron chi connectivity index (χ3n) is 5.84. The van der Waals surface area contributed by atoms with Crippen LogP contribution in [0.15, 0.2) is 61.1 Å². The van der Waals surface area contributed by atoms with E-state index in [4.69, 9.17) is 0 Å². The molecular weight excluding hydrogens is 386 g/mol. The van der Waals surface area contributed by atoms with Crippen LogP contribution in [0.3, 0.4) is 0 Å². The Kier molecular flexibility index (Phi) is 5.30. The number of hydrogen-bond acceptors (Lipinski definition) is 5. The summed E-state index contributed by atoms with van der Waals surface area (Å²) in [4.78, 5) is 24.5. The van der Waals surface area contributed by atoms with Crippen LogP contribution >= 0.6 is 0 Å². The van der Waals surface area contributed by atoms with Crippen molar-refractivity contribution in [2.45, 2.75) is 25.8 Å². The highest BCUT2D eigenvalue weighted by atomic mass is 16.1. The highest BCUT2D eigenvalue weighted by Crippen LogP contribution is 2.23. The normalized spacial score (nSPS) is 14.4. The van der Waals surface area contributed by atoms with Crippen LogP contribution in [0.5, 0.6) is 0 Å². The number of benzene rings is 2. The molecule has 4 aromatic rings. The Bertz CT molecular complexity index is 1240. The zero-order chi connectivity index (χ0) is 21.2. The molecule has 2 aromatic carbocycles. The predicted molar refractivity (Wildman–Crippen MR) is 121 cm³/mol. The van der Waals surface area contributed by atoms with Crippen LogP contribution in [0, 0.1) is 0 Å². The quantitative estimate of drug-likeness (QED) is 0.448. The number of rotatable bonds is 6. The number of carbonyl (C=O) groups is 1. The minimum atomic E-state index is 0.0473. The van der Waals surface area contributed by atoms with Gasteiger partial charge in [-0.3, -0.25) is 14.4 Å². The molecule has 31 heavy (non-hydrogen) atoms. The summed E-state index contributed by atoms with van der Waals surface area (Å²) in [6.45, 7) is 3.19. The number of aryl methyl sites for hydroxylation is 1. The van der Waals surface area contributed by atoms with E-state index in [1.54, 1.807) is 10.9 Å². The Balaban J connectivity index is 1.35. The van der Waals surface area contributed by atoms with E-state index in [1.807, 2.05) is 55.8 Å². The van der Waals surface area contributed by atoms with Crippen LogP contribution in [0.4, 0.5) is 0 Å². The molecule has 2 aromatic heterocycles. The Morgan fingerprint density at radius 3 is 2.71 bits per heavy atom. The molecule has 6 heteroatoms.